The minimum Gasteiger partial charge on any atom is -0.191 e. The average Bonchev–Trinajstić information content (AvgIpc) is 2.01. The topological polar surface area (TPSA) is 0 Å². The summed E-state index contributed by atoms with van der Waals surface area (Å²) in [4.78, 5) is 0. The van der Waals surface area contributed by atoms with Crippen LogP contribution in [0.2, 0.25) is 0 Å². The minimum absolute atomic E-state index is 0.305. The highest BCUT2D eigenvalue weighted by atomic mass is 127. The Morgan fingerprint density at radius 2 is 1.13 bits per heavy atom. The lowest BCUT2D eigenvalue weighted by molar-refractivity contribution is -0.317. The average molecular weight is 374 g/mol. The van der Waals surface area contributed by atoms with Gasteiger partial charge in [0.1, 0.15) is 0 Å². The SMILES string of the molecule is CSC(F)(F)C(F)(F)C(F)(F)C(F)(F)I. The van der Waals surface area contributed by atoms with E-state index in [0.717, 1.165) is 0 Å². The van der Waals surface area contributed by atoms with Crippen LogP contribution in [0.25, 0.3) is 0 Å². The Morgan fingerprint density at radius 1 is 0.800 bits per heavy atom. The van der Waals surface area contributed by atoms with Gasteiger partial charge in [-0.05, 0) is 6.26 Å². The minimum atomic E-state index is -6.13. The molecule has 0 heterocycles. The van der Waals surface area contributed by atoms with E-state index in [0.29, 0.717) is 6.26 Å². The van der Waals surface area contributed by atoms with E-state index in [9.17, 15) is 35.1 Å². The zero-order valence-electron chi connectivity index (χ0n) is 6.81. The third-order valence-corrected chi connectivity index (χ3v) is 2.82. The van der Waals surface area contributed by atoms with Crippen molar-refractivity contribution in [2.45, 2.75) is 21.0 Å². The van der Waals surface area contributed by atoms with Crippen molar-refractivity contribution in [1.29, 1.82) is 0 Å². The molecule has 0 saturated carbocycles. The van der Waals surface area contributed by atoms with Crippen molar-refractivity contribution in [2.75, 3.05) is 6.26 Å². The first-order valence-electron chi connectivity index (χ1n) is 3.06. The van der Waals surface area contributed by atoms with Gasteiger partial charge in [0.25, 0.3) is 0 Å². The second kappa shape index (κ2) is 4.08. The largest absolute Gasteiger partial charge is 0.388 e. The van der Waals surface area contributed by atoms with Crippen molar-refractivity contribution < 1.29 is 35.1 Å². The highest BCUT2D eigenvalue weighted by Gasteiger charge is 2.79. The predicted molar refractivity (Wildman–Crippen MR) is 47.3 cm³/mol. The zero-order valence-corrected chi connectivity index (χ0v) is 9.78. The van der Waals surface area contributed by atoms with Crippen molar-refractivity contribution >= 4 is 34.4 Å². The van der Waals surface area contributed by atoms with Crippen LogP contribution in [0.1, 0.15) is 0 Å². The van der Waals surface area contributed by atoms with E-state index in [2.05, 4.69) is 0 Å². The molecule has 0 spiro atoms. The summed E-state index contributed by atoms with van der Waals surface area (Å²) in [7, 11) is 0. The number of alkyl halides is 9. The number of hydrogen-bond acceptors (Lipinski definition) is 1. The molecule has 0 nitrogen and oxygen atoms in total. The Balaban J connectivity index is 5.38. The smallest absolute Gasteiger partial charge is 0.191 e. The van der Waals surface area contributed by atoms with Gasteiger partial charge in [-0.1, -0.05) is 11.8 Å². The summed E-state index contributed by atoms with van der Waals surface area (Å²) in [5, 5.41) is -5.27. The zero-order chi connectivity index (χ0) is 12.7. The molecule has 0 fully saturated rings. The van der Waals surface area contributed by atoms with Crippen molar-refractivity contribution in [3.05, 3.63) is 0 Å². The summed E-state index contributed by atoms with van der Waals surface area (Å²) in [6, 6.07) is 0. The molecule has 92 valence electrons. The molecule has 0 aromatic carbocycles. The van der Waals surface area contributed by atoms with E-state index >= 15 is 0 Å². The Kier molecular flexibility index (Phi) is 4.22. The first-order chi connectivity index (χ1) is 6.31. The fourth-order valence-electron chi connectivity index (χ4n) is 0.489. The lowest BCUT2D eigenvalue weighted by Crippen LogP contribution is -2.59. The van der Waals surface area contributed by atoms with Crippen molar-refractivity contribution in [1.82, 2.24) is 0 Å². The molecule has 0 saturated heterocycles. The molecule has 0 aromatic rings. The monoisotopic (exact) mass is 374 g/mol. The maximum Gasteiger partial charge on any atom is 0.388 e. The summed E-state index contributed by atoms with van der Waals surface area (Å²) >= 11 is -1.23. The molecular weight excluding hydrogens is 371 g/mol. The van der Waals surface area contributed by atoms with Gasteiger partial charge in [-0.25, -0.2) is 0 Å². The maximum absolute atomic E-state index is 12.5. The lowest BCUT2D eigenvalue weighted by Gasteiger charge is -2.33. The Morgan fingerprint density at radius 3 is 1.33 bits per heavy atom. The fraction of sp³-hybridized carbons (Fsp3) is 1.00. The molecule has 0 N–H and O–H groups in total. The van der Waals surface area contributed by atoms with Crippen LogP contribution in [-0.2, 0) is 0 Å². The van der Waals surface area contributed by atoms with Crippen LogP contribution >= 0.6 is 34.4 Å². The van der Waals surface area contributed by atoms with Gasteiger partial charge in [0, 0.05) is 22.6 Å². The molecule has 0 aliphatic rings. The summed E-state index contributed by atoms with van der Waals surface area (Å²) in [6.45, 7) is 0. The van der Waals surface area contributed by atoms with Gasteiger partial charge in [0.15, 0.2) is 0 Å². The first-order valence-corrected chi connectivity index (χ1v) is 5.37. The molecule has 15 heavy (non-hydrogen) atoms. The number of thioether (sulfide) groups is 1. The first kappa shape index (κ1) is 15.5. The quantitative estimate of drug-likeness (QED) is 0.403. The van der Waals surface area contributed by atoms with Gasteiger partial charge in [0.05, 0.1) is 0 Å². The number of halogens is 9. The van der Waals surface area contributed by atoms with Gasteiger partial charge in [0.2, 0.25) is 0 Å². The summed E-state index contributed by atoms with van der Waals surface area (Å²) < 4.78 is 93.3. The van der Waals surface area contributed by atoms with Crippen LogP contribution in [0, 0.1) is 0 Å². The number of rotatable bonds is 4. The fourth-order valence-corrected chi connectivity index (χ4v) is 1.21. The van der Waals surface area contributed by atoms with Crippen molar-refractivity contribution in [2.24, 2.45) is 0 Å². The van der Waals surface area contributed by atoms with Crippen molar-refractivity contribution in [3.8, 4) is 0 Å². The molecule has 0 atom stereocenters. The van der Waals surface area contributed by atoms with Gasteiger partial charge in [-0.2, -0.15) is 35.1 Å². The molecule has 0 aliphatic heterocycles. The molecule has 0 aromatic heterocycles. The lowest BCUT2D eigenvalue weighted by atomic mass is 10.2. The van der Waals surface area contributed by atoms with Crippen LogP contribution in [-0.4, -0.2) is 27.3 Å². The van der Waals surface area contributed by atoms with E-state index in [1.165, 1.54) is 0 Å². The van der Waals surface area contributed by atoms with Crippen LogP contribution in [0.5, 0.6) is 0 Å². The van der Waals surface area contributed by atoms with Crippen LogP contribution in [0.4, 0.5) is 35.1 Å². The van der Waals surface area contributed by atoms with Gasteiger partial charge >= 0.3 is 21.0 Å². The number of hydrogen-bond donors (Lipinski definition) is 0. The van der Waals surface area contributed by atoms with E-state index in [4.69, 9.17) is 0 Å². The Labute approximate surface area is 96.9 Å². The summed E-state index contributed by atoms with van der Waals surface area (Å²) in [5.41, 5.74) is 0. The van der Waals surface area contributed by atoms with Crippen LogP contribution in [0.15, 0.2) is 0 Å². The molecule has 0 amide bonds. The van der Waals surface area contributed by atoms with Crippen molar-refractivity contribution in [3.63, 3.8) is 0 Å². The van der Waals surface area contributed by atoms with Gasteiger partial charge < -0.3 is 0 Å². The third-order valence-electron chi connectivity index (χ3n) is 1.37. The molecular formula is C5H3F8IS. The van der Waals surface area contributed by atoms with E-state index < -0.39 is 32.8 Å². The Bertz CT molecular complexity index is 234. The van der Waals surface area contributed by atoms with E-state index in [-0.39, 0.29) is 22.6 Å². The summed E-state index contributed by atoms with van der Waals surface area (Å²) in [5.74, 6) is -12.3. The summed E-state index contributed by atoms with van der Waals surface area (Å²) in [6.07, 6.45) is 0.412. The molecule has 0 unspecified atom stereocenters. The van der Waals surface area contributed by atoms with Gasteiger partial charge in [-0.15, -0.1) is 0 Å². The Hall–Kier alpha value is 0.520. The van der Waals surface area contributed by atoms with E-state index in [1.807, 2.05) is 0 Å². The van der Waals surface area contributed by atoms with Gasteiger partial charge in [-0.3, -0.25) is 0 Å². The van der Waals surface area contributed by atoms with Crippen LogP contribution < -0.4 is 0 Å². The standard InChI is InChI=1S/C5H3F8IS/c1-15-5(12,13)3(8,9)2(6,7)4(10,11)14/h1H3. The molecule has 0 bridgehead atoms. The third kappa shape index (κ3) is 2.44. The molecule has 0 radical (unpaired) electrons. The highest BCUT2D eigenvalue weighted by Crippen LogP contribution is 2.57. The van der Waals surface area contributed by atoms with E-state index in [1.54, 1.807) is 0 Å². The predicted octanol–water partition coefficient (Wildman–Crippen LogP) is 4.24. The molecule has 10 heteroatoms. The molecule has 0 aliphatic carbocycles. The normalized spacial score (nSPS) is 15.6. The second-order valence-corrected chi connectivity index (χ2v) is 4.64. The maximum atomic E-state index is 12.5. The van der Waals surface area contributed by atoms with Crippen LogP contribution in [0.3, 0.4) is 0 Å². The second-order valence-electron chi connectivity index (χ2n) is 2.37. The molecule has 0 rings (SSSR count). The highest BCUT2D eigenvalue weighted by molar-refractivity contribution is 14.1.